The zero-order valence-corrected chi connectivity index (χ0v) is 7.14. The molecule has 0 saturated carbocycles. The molecule has 0 N–H and O–H groups in total. The quantitative estimate of drug-likeness (QED) is 0.716. The SMILES string of the molecule is COc1nc(C)c(F)cc1C(F)F. The van der Waals surface area contributed by atoms with Gasteiger partial charge in [-0.2, -0.15) is 0 Å². The van der Waals surface area contributed by atoms with Gasteiger partial charge in [-0.15, -0.1) is 0 Å². The Morgan fingerprint density at radius 2 is 2.08 bits per heavy atom. The monoisotopic (exact) mass is 191 g/mol. The average molecular weight is 191 g/mol. The van der Waals surface area contributed by atoms with E-state index >= 15 is 0 Å². The van der Waals surface area contributed by atoms with Gasteiger partial charge in [-0.05, 0) is 13.0 Å². The van der Waals surface area contributed by atoms with Crippen molar-refractivity contribution in [3.8, 4) is 5.88 Å². The van der Waals surface area contributed by atoms with Gasteiger partial charge in [0, 0.05) is 0 Å². The number of alkyl halides is 2. The molecule has 0 bridgehead atoms. The normalized spacial score (nSPS) is 10.6. The van der Waals surface area contributed by atoms with E-state index in [1.54, 1.807) is 0 Å². The smallest absolute Gasteiger partial charge is 0.269 e. The van der Waals surface area contributed by atoms with Crippen LogP contribution in [0.25, 0.3) is 0 Å². The molecule has 0 saturated heterocycles. The number of pyridine rings is 1. The number of hydrogen-bond donors (Lipinski definition) is 0. The van der Waals surface area contributed by atoms with Crippen LogP contribution in [0.3, 0.4) is 0 Å². The lowest BCUT2D eigenvalue weighted by molar-refractivity contribution is 0.145. The lowest BCUT2D eigenvalue weighted by Gasteiger charge is -2.07. The predicted octanol–water partition coefficient (Wildman–Crippen LogP) is 2.48. The van der Waals surface area contributed by atoms with Gasteiger partial charge >= 0.3 is 0 Å². The molecule has 0 radical (unpaired) electrons. The van der Waals surface area contributed by atoms with E-state index in [4.69, 9.17) is 0 Å². The Bertz CT molecular complexity index is 315. The summed E-state index contributed by atoms with van der Waals surface area (Å²) in [6.07, 6.45) is -2.78. The van der Waals surface area contributed by atoms with Crippen molar-refractivity contribution in [3.63, 3.8) is 0 Å². The highest BCUT2D eigenvalue weighted by atomic mass is 19.3. The van der Waals surface area contributed by atoms with Crippen LogP contribution in [0, 0.1) is 12.7 Å². The molecular formula is C8H8F3NO. The fraction of sp³-hybridized carbons (Fsp3) is 0.375. The van der Waals surface area contributed by atoms with E-state index in [-0.39, 0.29) is 11.6 Å². The molecule has 0 aliphatic heterocycles. The van der Waals surface area contributed by atoms with Crippen LogP contribution in [0.4, 0.5) is 13.2 Å². The van der Waals surface area contributed by atoms with Gasteiger partial charge in [0.25, 0.3) is 6.43 Å². The average Bonchev–Trinajstić information content (AvgIpc) is 2.08. The molecule has 0 fully saturated rings. The Balaban J connectivity index is 3.25. The summed E-state index contributed by atoms with van der Waals surface area (Å²) in [5.74, 6) is -0.981. The first-order valence-corrected chi connectivity index (χ1v) is 3.55. The van der Waals surface area contributed by atoms with Gasteiger partial charge in [0.2, 0.25) is 5.88 Å². The molecule has 2 nitrogen and oxygen atoms in total. The zero-order valence-electron chi connectivity index (χ0n) is 7.14. The molecule has 72 valence electrons. The molecule has 13 heavy (non-hydrogen) atoms. The highest BCUT2D eigenvalue weighted by molar-refractivity contribution is 5.29. The zero-order chi connectivity index (χ0) is 10.0. The molecule has 1 aromatic heterocycles. The Kier molecular flexibility index (Phi) is 2.75. The summed E-state index contributed by atoms with van der Waals surface area (Å²) >= 11 is 0. The number of halogens is 3. The minimum atomic E-state index is -2.78. The standard InChI is InChI=1S/C8H8F3NO/c1-4-6(9)3-5(7(10)11)8(12-4)13-2/h3,7H,1-2H3. The minimum absolute atomic E-state index is 0.0428. The topological polar surface area (TPSA) is 22.1 Å². The first-order valence-electron chi connectivity index (χ1n) is 3.55. The number of hydrogen-bond acceptors (Lipinski definition) is 2. The van der Waals surface area contributed by atoms with Gasteiger partial charge in [-0.3, -0.25) is 0 Å². The number of aryl methyl sites for hydroxylation is 1. The molecule has 5 heteroatoms. The second-order valence-corrected chi connectivity index (χ2v) is 2.45. The molecule has 0 spiro atoms. The Morgan fingerprint density at radius 1 is 1.46 bits per heavy atom. The molecule has 0 aliphatic rings. The van der Waals surface area contributed by atoms with Gasteiger partial charge in [0.05, 0.1) is 18.4 Å². The summed E-state index contributed by atoms with van der Waals surface area (Å²) in [6, 6.07) is 0.742. The van der Waals surface area contributed by atoms with Crippen molar-refractivity contribution in [1.29, 1.82) is 0 Å². The summed E-state index contributed by atoms with van der Waals surface area (Å²) in [7, 11) is 1.21. The van der Waals surface area contributed by atoms with Crippen molar-refractivity contribution in [2.75, 3.05) is 7.11 Å². The van der Waals surface area contributed by atoms with E-state index in [1.165, 1.54) is 14.0 Å². The van der Waals surface area contributed by atoms with Gasteiger partial charge in [0.15, 0.2) is 0 Å². The van der Waals surface area contributed by atoms with Crippen LogP contribution in [-0.4, -0.2) is 12.1 Å². The number of aromatic nitrogens is 1. The Hall–Kier alpha value is -1.26. The summed E-state index contributed by atoms with van der Waals surface area (Å²) in [5.41, 5.74) is -0.480. The molecule has 0 aliphatic carbocycles. The third-order valence-corrected chi connectivity index (χ3v) is 1.57. The van der Waals surface area contributed by atoms with Crippen LogP contribution in [0.1, 0.15) is 17.7 Å². The van der Waals surface area contributed by atoms with Gasteiger partial charge in [0.1, 0.15) is 5.82 Å². The third kappa shape index (κ3) is 1.91. The first kappa shape index (κ1) is 9.83. The van der Waals surface area contributed by atoms with E-state index in [1.807, 2.05) is 0 Å². The third-order valence-electron chi connectivity index (χ3n) is 1.57. The molecule has 1 heterocycles. The Labute approximate surface area is 73.4 Å². The van der Waals surface area contributed by atoms with Crippen LogP contribution >= 0.6 is 0 Å². The second-order valence-electron chi connectivity index (χ2n) is 2.45. The first-order chi connectivity index (χ1) is 6.06. The van der Waals surface area contributed by atoms with Crippen LogP contribution in [0.2, 0.25) is 0 Å². The van der Waals surface area contributed by atoms with Crippen molar-refractivity contribution in [1.82, 2.24) is 4.98 Å². The fourth-order valence-electron chi connectivity index (χ4n) is 0.893. The van der Waals surface area contributed by atoms with Crippen LogP contribution in [0.5, 0.6) is 5.88 Å². The van der Waals surface area contributed by atoms with E-state index < -0.39 is 17.8 Å². The molecule has 0 unspecified atom stereocenters. The maximum Gasteiger partial charge on any atom is 0.269 e. The summed E-state index contributed by atoms with van der Waals surface area (Å²) in [6.45, 7) is 1.38. The van der Waals surface area contributed by atoms with E-state index in [0.29, 0.717) is 0 Å². The van der Waals surface area contributed by atoms with Crippen molar-refractivity contribution >= 4 is 0 Å². The number of nitrogens with zero attached hydrogens (tertiary/aromatic N) is 1. The maximum atomic E-state index is 12.8. The van der Waals surface area contributed by atoms with Gasteiger partial charge in [-0.1, -0.05) is 0 Å². The molecule has 1 rings (SSSR count). The lowest BCUT2D eigenvalue weighted by atomic mass is 10.2. The molecule has 0 amide bonds. The van der Waals surface area contributed by atoms with E-state index in [9.17, 15) is 13.2 Å². The summed E-state index contributed by atoms with van der Waals surface area (Å²) < 4.78 is 41.9. The van der Waals surface area contributed by atoms with Gasteiger partial charge in [-0.25, -0.2) is 18.2 Å². The minimum Gasteiger partial charge on any atom is -0.481 e. The number of methoxy groups -OCH3 is 1. The number of rotatable bonds is 2. The van der Waals surface area contributed by atoms with E-state index in [2.05, 4.69) is 9.72 Å². The molecule has 1 aromatic rings. The van der Waals surface area contributed by atoms with Crippen LogP contribution in [-0.2, 0) is 0 Å². The predicted molar refractivity (Wildman–Crippen MR) is 40.4 cm³/mol. The van der Waals surface area contributed by atoms with Crippen molar-refractivity contribution in [2.24, 2.45) is 0 Å². The maximum absolute atomic E-state index is 12.8. The van der Waals surface area contributed by atoms with Crippen molar-refractivity contribution < 1.29 is 17.9 Å². The number of ether oxygens (including phenoxy) is 1. The second kappa shape index (κ2) is 3.64. The fourth-order valence-corrected chi connectivity index (χ4v) is 0.893. The molecular weight excluding hydrogens is 183 g/mol. The molecule has 0 atom stereocenters. The highest BCUT2D eigenvalue weighted by Crippen LogP contribution is 2.28. The summed E-state index contributed by atoms with van der Waals surface area (Å²) in [4.78, 5) is 3.54. The highest BCUT2D eigenvalue weighted by Gasteiger charge is 2.17. The van der Waals surface area contributed by atoms with Gasteiger partial charge < -0.3 is 4.74 Å². The molecule has 0 aromatic carbocycles. The van der Waals surface area contributed by atoms with Crippen molar-refractivity contribution in [2.45, 2.75) is 13.3 Å². The largest absolute Gasteiger partial charge is 0.481 e. The summed E-state index contributed by atoms with van der Waals surface area (Å²) in [5, 5.41) is 0. The Morgan fingerprint density at radius 3 is 2.54 bits per heavy atom. The van der Waals surface area contributed by atoms with Crippen LogP contribution < -0.4 is 4.74 Å². The van der Waals surface area contributed by atoms with Crippen molar-refractivity contribution in [3.05, 3.63) is 23.1 Å². The van der Waals surface area contributed by atoms with Crippen LogP contribution in [0.15, 0.2) is 6.07 Å². The lowest BCUT2D eigenvalue weighted by Crippen LogP contribution is -1.99. The van der Waals surface area contributed by atoms with E-state index in [0.717, 1.165) is 6.07 Å².